The molecule has 1 atom stereocenters. The van der Waals surface area contributed by atoms with Gasteiger partial charge in [0.15, 0.2) is 11.6 Å². The summed E-state index contributed by atoms with van der Waals surface area (Å²) in [5.41, 5.74) is 6.58. The first-order valence-electron chi connectivity index (χ1n) is 5.85. The number of benzene rings is 1. The molecule has 96 valence electrons. The third-order valence-electron chi connectivity index (χ3n) is 2.53. The summed E-state index contributed by atoms with van der Waals surface area (Å²) in [6.45, 7) is 2.29. The average Bonchev–Trinajstić information content (AvgIpc) is 2.80. The van der Waals surface area contributed by atoms with Gasteiger partial charge < -0.3 is 10.5 Å². The number of rotatable bonds is 5. The molecule has 0 bridgehead atoms. The van der Waals surface area contributed by atoms with Crippen LogP contribution in [0.1, 0.15) is 17.4 Å². The largest absolute Gasteiger partial charge is 0.485 e. The van der Waals surface area contributed by atoms with Gasteiger partial charge in [-0.25, -0.2) is 4.39 Å². The Hall–Kier alpha value is -1.39. The molecular weight excluding hydrogens is 249 g/mol. The van der Waals surface area contributed by atoms with E-state index in [4.69, 9.17) is 10.5 Å². The highest BCUT2D eigenvalue weighted by molar-refractivity contribution is 7.09. The number of para-hydroxylation sites is 1. The van der Waals surface area contributed by atoms with Gasteiger partial charge in [-0.05, 0) is 36.4 Å². The van der Waals surface area contributed by atoms with E-state index in [0.717, 1.165) is 10.4 Å². The first-order chi connectivity index (χ1) is 8.66. The number of nitrogens with two attached hydrogens (primary N) is 1. The summed E-state index contributed by atoms with van der Waals surface area (Å²) in [5.74, 6) is -0.00657. The molecule has 1 unspecified atom stereocenters. The smallest absolute Gasteiger partial charge is 0.165 e. The SMILES string of the molecule is CC(N)Cc1cccc(F)c1OCc1cccs1. The van der Waals surface area contributed by atoms with E-state index in [0.29, 0.717) is 18.8 Å². The lowest BCUT2D eigenvalue weighted by atomic mass is 10.1. The molecule has 2 nitrogen and oxygen atoms in total. The van der Waals surface area contributed by atoms with Crippen molar-refractivity contribution in [1.82, 2.24) is 0 Å². The Kier molecular flexibility index (Phi) is 4.33. The zero-order valence-corrected chi connectivity index (χ0v) is 11.0. The maximum atomic E-state index is 13.8. The normalized spacial score (nSPS) is 12.4. The molecule has 1 heterocycles. The Balaban J connectivity index is 2.14. The first kappa shape index (κ1) is 13.1. The minimum atomic E-state index is -0.329. The second kappa shape index (κ2) is 5.98. The number of thiophene rings is 1. The predicted molar refractivity (Wildman–Crippen MR) is 72.4 cm³/mol. The highest BCUT2D eigenvalue weighted by atomic mass is 32.1. The van der Waals surface area contributed by atoms with Crippen molar-refractivity contribution in [2.45, 2.75) is 26.0 Å². The van der Waals surface area contributed by atoms with Gasteiger partial charge in [0.1, 0.15) is 6.61 Å². The summed E-state index contributed by atoms with van der Waals surface area (Å²) in [6, 6.07) is 8.86. The van der Waals surface area contributed by atoms with Crippen LogP contribution in [0, 0.1) is 5.82 Å². The van der Waals surface area contributed by atoms with Gasteiger partial charge in [-0.1, -0.05) is 18.2 Å². The van der Waals surface area contributed by atoms with Crippen LogP contribution in [0.25, 0.3) is 0 Å². The van der Waals surface area contributed by atoms with Crippen molar-refractivity contribution in [3.05, 3.63) is 52.0 Å². The lowest BCUT2D eigenvalue weighted by molar-refractivity contribution is 0.289. The number of ether oxygens (including phenoxy) is 1. The standard InChI is InChI=1S/C14H16FNOS/c1-10(16)8-11-4-2-6-13(15)14(11)17-9-12-5-3-7-18-12/h2-7,10H,8-9,16H2,1H3. The molecule has 1 aromatic carbocycles. The van der Waals surface area contributed by atoms with E-state index in [1.54, 1.807) is 17.4 Å². The van der Waals surface area contributed by atoms with Crippen molar-refractivity contribution in [2.24, 2.45) is 5.73 Å². The maximum Gasteiger partial charge on any atom is 0.165 e. The zero-order valence-electron chi connectivity index (χ0n) is 10.2. The molecule has 0 radical (unpaired) electrons. The Morgan fingerprint density at radius 3 is 2.83 bits per heavy atom. The second-order valence-electron chi connectivity index (χ2n) is 4.28. The van der Waals surface area contributed by atoms with E-state index in [1.807, 2.05) is 30.5 Å². The van der Waals surface area contributed by atoms with Crippen molar-refractivity contribution in [2.75, 3.05) is 0 Å². The van der Waals surface area contributed by atoms with E-state index in [-0.39, 0.29) is 11.9 Å². The molecule has 0 saturated carbocycles. The van der Waals surface area contributed by atoms with Crippen molar-refractivity contribution in [1.29, 1.82) is 0 Å². The Labute approximate surface area is 110 Å². The fourth-order valence-electron chi connectivity index (χ4n) is 1.76. The van der Waals surface area contributed by atoms with Crippen LogP contribution in [0.4, 0.5) is 4.39 Å². The molecule has 0 aliphatic rings. The summed E-state index contributed by atoms with van der Waals surface area (Å²) in [4.78, 5) is 1.07. The van der Waals surface area contributed by atoms with E-state index in [2.05, 4.69) is 0 Å². The van der Waals surface area contributed by atoms with Gasteiger partial charge in [0, 0.05) is 10.9 Å². The Morgan fingerprint density at radius 1 is 1.33 bits per heavy atom. The molecule has 0 spiro atoms. The molecule has 0 saturated heterocycles. The van der Waals surface area contributed by atoms with Gasteiger partial charge in [0.2, 0.25) is 0 Å². The van der Waals surface area contributed by atoms with Crippen LogP contribution in [-0.2, 0) is 13.0 Å². The number of hydrogen-bond acceptors (Lipinski definition) is 3. The van der Waals surface area contributed by atoms with E-state index in [9.17, 15) is 4.39 Å². The van der Waals surface area contributed by atoms with Gasteiger partial charge in [-0.15, -0.1) is 11.3 Å². The summed E-state index contributed by atoms with van der Waals surface area (Å²) < 4.78 is 19.4. The quantitative estimate of drug-likeness (QED) is 0.899. The molecule has 0 fully saturated rings. The first-order valence-corrected chi connectivity index (χ1v) is 6.73. The number of hydrogen-bond donors (Lipinski definition) is 1. The molecule has 0 aliphatic carbocycles. The lowest BCUT2D eigenvalue weighted by Gasteiger charge is -2.13. The summed E-state index contributed by atoms with van der Waals surface area (Å²) in [6.07, 6.45) is 0.609. The third-order valence-corrected chi connectivity index (χ3v) is 3.38. The fraction of sp³-hybridized carbons (Fsp3) is 0.286. The molecular formula is C14H16FNOS. The maximum absolute atomic E-state index is 13.8. The summed E-state index contributed by atoms with van der Waals surface area (Å²) in [5, 5.41) is 1.98. The minimum absolute atomic E-state index is 0.0177. The van der Waals surface area contributed by atoms with Gasteiger partial charge in [-0.3, -0.25) is 0 Å². The van der Waals surface area contributed by atoms with Gasteiger partial charge in [0.25, 0.3) is 0 Å². The van der Waals surface area contributed by atoms with Crippen LogP contribution in [0.15, 0.2) is 35.7 Å². The van der Waals surface area contributed by atoms with Crippen molar-refractivity contribution >= 4 is 11.3 Å². The predicted octanol–water partition coefficient (Wildman–Crippen LogP) is 3.36. The van der Waals surface area contributed by atoms with Crippen LogP contribution in [-0.4, -0.2) is 6.04 Å². The molecule has 18 heavy (non-hydrogen) atoms. The Bertz CT molecular complexity index is 497. The Morgan fingerprint density at radius 2 is 2.17 bits per heavy atom. The lowest BCUT2D eigenvalue weighted by Crippen LogP contribution is -2.18. The molecule has 2 aromatic rings. The fourth-order valence-corrected chi connectivity index (χ4v) is 2.38. The minimum Gasteiger partial charge on any atom is -0.485 e. The van der Waals surface area contributed by atoms with Crippen LogP contribution in [0.5, 0.6) is 5.75 Å². The third kappa shape index (κ3) is 3.31. The molecule has 0 amide bonds. The van der Waals surface area contributed by atoms with E-state index >= 15 is 0 Å². The average molecular weight is 265 g/mol. The van der Waals surface area contributed by atoms with Crippen LogP contribution >= 0.6 is 11.3 Å². The summed E-state index contributed by atoms with van der Waals surface area (Å²) >= 11 is 1.60. The molecule has 1 aromatic heterocycles. The summed E-state index contributed by atoms with van der Waals surface area (Å²) in [7, 11) is 0. The second-order valence-corrected chi connectivity index (χ2v) is 5.31. The van der Waals surface area contributed by atoms with Gasteiger partial charge in [0.05, 0.1) is 0 Å². The topological polar surface area (TPSA) is 35.2 Å². The van der Waals surface area contributed by atoms with Crippen LogP contribution < -0.4 is 10.5 Å². The van der Waals surface area contributed by atoms with Crippen LogP contribution in [0.3, 0.4) is 0 Å². The van der Waals surface area contributed by atoms with Gasteiger partial charge >= 0.3 is 0 Å². The monoisotopic (exact) mass is 265 g/mol. The molecule has 2 N–H and O–H groups in total. The molecule has 0 aliphatic heterocycles. The molecule has 4 heteroatoms. The van der Waals surface area contributed by atoms with E-state index < -0.39 is 0 Å². The van der Waals surface area contributed by atoms with E-state index in [1.165, 1.54) is 6.07 Å². The van der Waals surface area contributed by atoms with Crippen molar-refractivity contribution in [3.63, 3.8) is 0 Å². The highest BCUT2D eigenvalue weighted by Gasteiger charge is 2.11. The highest BCUT2D eigenvalue weighted by Crippen LogP contribution is 2.25. The van der Waals surface area contributed by atoms with Crippen LogP contribution in [0.2, 0.25) is 0 Å². The van der Waals surface area contributed by atoms with Gasteiger partial charge in [-0.2, -0.15) is 0 Å². The molecule has 2 rings (SSSR count). The number of halogens is 1. The van der Waals surface area contributed by atoms with Crippen molar-refractivity contribution in [3.8, 4) is 5.75 Å². The zero-order chi connectivity index (χ0) is 13.0. The van der Waals surface area contributed by atoms with Crippen molar-refractivity contribution < 1.29 is 9.13 Å².